The first-order valence-electron chi connectivity index (χ1n) is 5.64. The highest BCUT2D eigenvalue weighted by Crippen LogP contribution is 2.34. The average molecular weight is 319 g/mol. The molecular weight excluding hydrogens is 308 g/mol. The lowest BCUT2D eigenvalue weighted by Gasteiger charge is -2.09. The Hall–Kier alpha value is -1.26. The zero-order valence-electron chi connectivity index (χ0n) is 9.51. The van der Waals surface area contributed by atoms with Crippen LogP contribution in [0.15, 0.2) is 64.2 Å². The van der Waals surface area contributed by atoms with Crippen LogP contribution in [-0.4, -0.2) is 5.04 Å². The molecule has 1 aliphatic heterocycles. The molecule has 1 atom stereocenters. The van der Waals surface area contributed by atoms with Gasteiger partial charge in [0, 0.05) is 10.0 Å². The van der Waals surface area contributed by atoms with Gasteiger partial charge in [0.05, 0.1) is 0 Å². The number of nitrogens with zero attached hydrogens (tertiary/aromatic N) is 1. The first-order chi connectivity index (χ1) is 8.83. The van der Waals surface area contributed by atoms with Crippen molar-refractivity contribution in [3.63, 3.8) is 0 Å². The summed E-state index contributed by atoms with van der Waals surface area (Å²) < 4.78 is 1.10. The summed E-state index contributed by atoms with van der Waals surface area (Å²) in [6, 6.07) is 18.6. The van der Waals surface area contributed by atoms with Crippen molar-refractivity contribution in [3.05, 3.63) is 70.2 Å². The number of rotatable bonds is 2. The van der Waals surface area contributed by atoms with E-state index in [0.29, 0.717) is 0 Å². The second kappa shape index (κ2) is 5.16. The van der Waals surface area contributed by atoms with E-state index in [1.165, 1.54) is 5.56 Å². The largest absolute Gasteiger partial charge is 0.291 e. The fourth-order valence-electron chi connectivity index (χ4n) is 1.78. The fourth-order valence-corrected chi connectivity index (χ4v) is 3.04. The van der Waals surface area contributed by atoms with Gasteiger partial charge < -0.3 is 0 Å². The zero-order valence-corrected chi connectivity index (χ0v) is 11.9. The molecule has 2 aromatic carbocycles. The van der Waals surface area contributed by atoms with Gasteiger partial charge in [-0.1, -0.05) is 70.2 Å². The van der Waals surface area contributed by atoms with Crippen LogP contribution < -0.4 is 5.43 Å². The molecule has 0 aromatic heterocycles. The molecule has 0 saturated heterocycles. The standard InChI is InChI=1S/C14H11BrN2S/c15-12-8-6-11(7-9-12)14-17-16-13(18-14)10-4-2-1-3-5-10/h1-9,14,17H/t14-/m1/s1. The third-order valence-electron chi connectivity index (χ3n) is 2.71. The molecule has 0 bridgehead atoms. The summed E-state index contributed by atoms with van der Waals surface area (Å²) in [5, 5.41) is 5.65. The number of hydrazone groups is 1. The molecule has 90 valence electrons. The van der Waals surface area contributed by atoms with E-state index in [1.807, 2.05) is 18.2 Å². The zero-order chi connectivity index (χ0) is 12.4. The lowest BCUT2D eigenvalue weighted by Crippen LogP contribution is -2.06. The second-order valence-corrected chi connectivity index (χ2v) is 5.97. The second-order valence-electron chi connectivity index (χ2n) is 3.96. The maximum Gasteiger partial charge on any atom is 0.126 e. The Labute approximate surface area is 119 Å². The van der Waals surface area contributed by atoms with Gasteiger partial charge in [0.2, 0.25) is 0 Å². The molecular formula is C14H11BrN2S. The predicted octanol–water partition coefficient (Wildman–Crippen LogP) is 4.15. The van der Waals surface area contributed by atoms with Crippen molar-refractivity contribution < 1.29 is 0 Å². The van der Waals surface area contributed by atoms with Gasteiger partial charge in [-0.2, -0.15) is 5.10 Å². The highest BCUT2D eigenvalue weighted by molar-refractivity contribution is 9.10. The Morgan fingerprint density at radius 2 is 1.72 bits per heavy atom. The molecule has 0 spiro atoms. The van der Waals surface area contributed by atoms with Crippen LogP contribution >= 0.6 is 27.7 Å². The quantitative estimate of drug-likeness (QED) is 0.899. The lowest BCUT2D eigenvalue weighted by molar-refractivity contribution is 0.743. The van der Waals surface area contributed by atoms with Gasteiger partial charge >= 0.3 is 0 Å². The summed E-state index contributed by atoms with van der Waals surface area (Å²) >= 11 is 5.19. The summed E-state index contributed by atoms with van der Waals surface area (Å²) in [4.78, 5) is 0. The van der Waals surface area contributed by atoms with E-state index >= 15 is 0 Å². The number of nitrogens with one attached hydrogen (secondary N) is 1. The smallest absolute Gasteiger partial charge is 0.126 e. The number of hydrogen-bond acceptors (Lipinski definition) is 3. The van der Waals surface area contributed by atoms with Gasteiger partial charge in [-0.05, 0) is 17.7 Å². The molecule has 0 amide bonds. The number of hydrogen-bond donors (Lipinski definition) is 1. The van der Waals surface area contributed by atoms with Crippen molar-refractivity contribution in [2.45, 2.75) is 5.37 Å². The molecule has 1 heterocycles. The molecule has 2 aromatic rings. The minimum absolute atomic E-state index is 0.202. The molecule has 3 rings (SSSR count). The highest BCUT2D eigenvalue weighted by Gasteiger charge is 2.21. The first kappa shape index (κ1) is 11.8. The van der Waals surface area contributed by atoms with Crippen LogP contribution in [0.5, 0.6) is 0 Å². The summed E-state index contributed by atoms with van der Waals surface area (Å²) in [6.45, 7) is 0. The van der Waals surface area contributed by atoms with Crippen molar-refractivity contribution in [1.29, 1.82) is 0 Å². The molecule has 18 heavy (non-hydrogen) atoms. The van der Waals surface area contributed by atoms with Gasteiger partial charge in [-0.25, -0.2) is 0 Å². The Morgan fingerprint density at radius 1 is 1.00 bits per heavy atom. The topological polar surface area (TPSA) is 24.4 Å². The number of halogens is 1. The highest BCUT2D eigenvalue weighted by atomic mass is 79.9. The molecule has 0 saturated carbocycles. The van der Waals surface area contributed by atoms with E-state index in [4.69, 9.17) is 0 Å². The molecule has 2 nitrogen and oxygen atoms in total. The van der Waals surface area contributed by atoms with Crippen LogP contribution in [-0.2, 0) is 0 Å². The van der Waals surface area contributed by atoms with Gasteiger partial charge in [0.1, 0.15) is 10.4 Å². The van der Waals surface area contributed by atoms with Crippen molar-refractivity contribution in [3.8, 4) is 0 Å². The van der Waals surface area contributed by atoms with E-state index in [0.717, 1.165) is 15.1 Å². The third-order valence-corrected chi connectivity index (χ3v) is 4.40. The Balaban J connectivity index is 1.76. The van der Waals surface area contributed by atoms with Crippen molar-refractivity contribution in [2.24, 2.45) is 5.10 Å². The fraction of sp³-hybridized carbons (Fsp3) is 0.0714. The average Bonchev–Trinajstić information content (AvgIpc) is 2.90. The van der Waals surface area contributed by atoms with Crippen molar-refractivity contribution in [1.82, 2.24) is 5.43 Å². The van der Waals surface area contributed by atoms with Gasteiger partial charge in [0.15, 0.2) is 0 Å². The molecule has 0 aliphatic carbocycles. The minimum atomic E-state index is 0.202. The predicted molar refractivity (Wildman–Crippen MR) is 80.6 cm³/mol. The molecule has 1 aliphatic rings. The molecule has 0 unspecified atom stereocenters. The van der Waals surface area contributed by atoms with Crippen LogP contribution in [0.1, 0.15) is 16.5 Å². The van der Waals surface area contributed by atoms with Crippen molar-refractivity contribution in [2.75, 3.05) is 0 Å². The molecule has 1 N–H and O–H groups in total. The SMILES string of the molecule is Brc1ccc([C@@H]2NN=C(c3ccccc3)S2)cc1. The van der Waals surface area contributed by atoms with Crippen LogP contribution in [0.3, 0.4) is 0 Å². The summed E-state index contributed by atoms with van der Waals surface area (Å²) in [6.07, 6.45) is 0. The number of benzene rings is 2. The molecule has 0 fully saturated rings. The van der Waals surface area contributed by atoms with Crippen LogP contribution in [0.4, 0.5) is 0 Å². The number of thioether (sulfide) groups is 1. The van der Waals surface area contributed by atoms with E-state index in [9.17, 15) is 0 Å². The minimum Gasteiger partial charge on any atom is -0.291 e. The maximum absolute atomic E-state index is 4.40. The van der Waals surface area contributed by atoms with Crippen LogP contribution in [0.25, 0.3) is 0 Å². The van der Waals surface area contributed by atoms with E-state index in [1.54, 1.807) is 11.8 Å². The molecule has 4 heteroatoms. The summed E-state index contributed by atoms with van der Waals surface area (Å²) in [5.41, 5.74) is 5.57. The normalized spacial score (nSPS) is 18.3. The Morgan fingerprint density at radius 3 is 2.44 bits per heavy atom. The van der Waals surface area contributed by atoms with Crippen LogP contribution in [0.2, 0.25) is 0 Å². The van der Waals surface area contributed by atoms with E-state index < -0.39 is 0 Å². The van der Waals surface area contributed by atoms with Crippen LogP contribution in [0, 0.1) is 0 Å². The first-order valence-corrected chi connectivity index (χ1v) is 7.31. The van der Waals surface area contributed by atoms with Gasteiger partial charge in [0.25, 0.3) is 0 Å². The third kappa shape index (κ3) is 2.44. The van der Waals surface area contributed by atoms with E-state index in [-0.39, 0.29) is 5.37 Å². The Bertz CT molecular complexity index is 566. The van der Waals surface area contributed by atoms with Crippen molar-refractivity contribution >= 4 is 32.7 Å². The Kier molecular flexibility index (Phi) is 3.39. The van der Waals surface area contributed by atoms with Gasteiger partial charge in [-0.15, -0.1) is 0 Å². The van der Waals surface area contributed by atoms with E-state index in [2.05, 4.69) is 62.9 Å². The lowest BCUT2D eigenvalue weighted by atomic mass is 10.2. The maximum atomic E-state index is 4.40. The summed E-state index contributed by atoms with van der Waals surface area (Å²) in [7, 11) is 0. The van der Waals surface area contributed by atoms with Gasteiger partial charge in [-0.3, -0.25) is 5.43 Å². The summed E-state index contributed by atoms with van der Waals surface area (Å²) in [5.74, 6) is 0. The molecule has 0 radical (unpaired) electrons. The monoisotopic (exact) mass is 318 g/mol.